The summed E-state index contributed by atoms with van der Waals surface area (Å²) in [6.45, 7) is 4.21. The number of thioether (sulfide) groups is 1. The zero-order chi connectivity index (χ0) is 19.2. The Hall–Kier alpha value is -2.09. The summed E-state index contributed by atoms with van der Waals surface area (Å²) in [6.07, 6.45) is 0. The van der Waals surface area contributed by atoms with E-state index >= 15 is 0 Å². The number of aromatic nitrogens is 2. The molecular formula is C19H19ClN4OS2. The molecule has 0 radical (unpaired) electrons. The summed E-state index contributed by atoms with van der Waals surface area (Å²) >= 11 is 8.74. The van der Waals surface area contributed by atoms with Crippen molar-refractivity contribution in [2.75, 3.05) is 16.4 Å². The van der Waals surface area contributed by atoms with E-state index in [9.17, 15) is 4.79 Å². The number of rotatable bonds is 7. The van der Waals surface area contributed by atoms with Crippen LogP contribution < -0.4 is 10.6 Å². The van der Waals surface area contributed by atoms with E-state index in [2.05, 4.69) is 34.7 Å². The molecule has 0 atom stereocenters. The van der Waals surface area contributed by atoms with Gasteiger partial charge in [-0.15, -0.1) is 10.2 Å². The van der Waals surface area contributed by atoms with Gasteiger partial charge < -0.3 is 10.6 Å². The predicted molar refractivity (Wildman–Crippen MR) is 115 cm³/mol. The number of nitrogens with zero attached hydrogens (tertiary/aromatic N) is 2. The Bertz CT molecular complexity index is 929. The van der Waals surface area contributed by atoms with Crippen LogP contribution in [0.4, 0.5) is 16.5 Å². The minimum atomic E-state index is -0.0624. The lowest BCUT2D eigenvalue weighted by atomic mass is 10.0. The largest absolute Gasteiger partial charge is 0.330 e. The first-order valence-electron chi connectivity index (χ1n) is 8.39. The van der Waals surface area contributed by atoms with Crippen LogP contribution in [-0.4, -0.2) is 21.9 Å². The van der Waals surface area contributed by atoms with Gasteiger partial charge >= 0.3 is 0 Å². The molecule has 1 aromatic heterocycles. The molecule has 0 aliphatic heterocycles. The van der Waals surface area contributed by atoms with E-state index in [0.29, 0.717) is 16.1 Å². The van der Waals surface area contributed by atoms with Crippen molar-refractivity contribution < 1.29 is 4.79 Å². The van der Waals surface area contributed by atoms with E-state index in [1.807, 2.05) is 48.5 Å². The standard InChI is InChI=1S/C19H19ClN4OS2/c1-12(2)15-8-3-4-9-16(15)22-17(25)11-26-19-24-23-18(27-19)21-14-7-5-6-13(20)10-14/h3-10,12H,11H2,1-2H3,(H,21,23)(H,22,25). The number of hydrogen-bond donors (Lipinski definition) is 2. The number of hydrogen-bond acceptors (Lipinski definition) is 6. The molecule has 5 nitrogen and oxygen atoms in total. The second-order valence-electron chi connectivity index (χ2n) is 6.09. The molecule has 0 unspecified atom stereocenters. The molecule has 3 rings (SSSR count). The Morgan fingerprint density at radius 2 is 2.00 bits per heavy atom. The molecule has 140 valence electrons. The van der Waals surface area contributed by atoms with Gasteiger partial charge in [-0.1, -0.05) is 72.8 Å². The molecule has 0 saturated carbocycles. The molecule has 2 N–H and O–H groups in total. The summed E-state index contributed by atoms with van der Waals surface area (Å²) in [4.78, 5) is 12.3. The quantitative estimate of drug-likeness (QED) is 0.475. The van der Waals surface area contributed by atoms with E-state index in [0.717, 1.165) is 21.3 Å². The van der Waals surface area contributed by atoms with E-state index in [4.69, 9.17) is 11.6 Å². The molecule has 0 saturated heterocycles. The van der Waals surface area contributed by atoms with Crippen LogP contribution in [0.25, 0.3) is 0 Å². The molecule has 3 aromatic rings. The van der Waals surface area contributed by atoms with E-state index < -0.39 is 0 Å². The molecule has 0 aliphatic carbocycles. The first-order chi connectivity index (χ1) is 13.0. The third-order valence-corrected chi connectivity index (χ3v) is 5.87. The second kappa shape index (κ2) is 9.21. The van der Waals surface area contributed by atoms with Gasteiger partial charge in [0.25, 0.3) is 0 Å². The maximum Gasteiger partial charge on any atom is 0.234 e. The number of benzene rings is 2. The Kier molecular flexibility index (Phi) is 6.71. The topological polar surface area (TPSA) is 66.9 Å². The summed E-state index contributed by atoms with van der Waals surface area (Å²) in [7, 11) is 0. The highest BCUT2D eigenvalue weighted by molar-refractivity contribution is 8.01. The average molecular weight is 419 g/mol. The number of halogens is 1. The molecule has 0 aliphatic rings. The van der Waals surface area contributed by atoms with Crippen molar-refractivity contribution in [1.29, 1.82) is 0 Å². The van der Waals surface area contributed by atoms with Crippen molar-refractivity contribution in [2.45, 2.75) is 24.1 Å². The van der Waals surface area contributed by atoms with Gasteiger partial charge in [0.05, 0.1) is 5.75 Å². The van der Waals surface area contributed by atoms with Crippen LogP contribution in [0.15, 0.2) is 52.9 Å². The fourth-order valence-corrected chi connectivity index (χ4v) is 4.20. The van der Waals surface area contributed by atoms with Crippen molar-refractivity contribution in [3.05, 3.63) is 59.1 Å². The van der Waals surface area contributed by atoms with Crippen molar-refractivity contribution in [3.8, 4) is 0 Å². The van der Waals surface area contributed by atoms with Gasteiger partial charge in [-0.05, 0) is 35.7 Å². The number of carbonyl (C=O) groups is 1. The van der Waals surface area contributed by atoms with Gasteiger partial charge in [0.1, 0.15) is 0 Å². The first kappa shape index (κ1) is 19.7. The lowest BCUT2D eigenvalue weighted by Gasteiger charge is -2.13. The number of amides is 1. The Balaban J connectivity index is 1.55. The summed E-state index contributed by atoms with van der Waals surface area (Å²) < 4.78 is 0.729. The van der Waals surface area contributed by atoms with Crippen LogP contribution in [0.5, 0.6) is 0 Å². The van der Waals surface area contributed by atoms with E-state index in [1.165, 1.54) is 23.1 Å². The van der Waals surface area contributed by atoms with Crippen molar-refractivity contribution in [2.24, 2.45) is 0 Å². The Morgan fingerprint density at radius 3 is 2.78 bits per heavy atom. The third kappa shape index (κ3) is 5.69. The molecule has 0 spiro atoms. The van der Waals surface area contributed by atoms with Crippen molar-refractivity contribution >= 4 is 57.1 Å². The lowest BCUT2D eigenvalue weighted by molar-refractivity contribution is -0.113. The Morgan fingerprint density at radius 1 is 1.19 bits per heavy atom. The third-order valence-electron chi connectivity index (χ3n) is 3.67. The molecular weight excluding hydrogens is 400 g/mol. The summed E-state index contributed by atoms with van der Waals surface area (Å²) in [5, 5.41) is 15.7. The van der Waals surface area contributed by atoms with Crippen LogP contribution in [0.1, 0.15) is 25.3 Å². The van der Waals surface area contributed by atoms with Gasteiger partial charge in [-0.2, -0.15) is 0 Å². The molecule has 1 amide bonds. The maximum atomic E-state index is 12.3. The smallest absolute Gasteiger partial charge is 0.234 e. The van der Waals surface area contributed by atoms with Crippen LogP contribution in [0.2, 0.25) is 5.02 Å². The minimum absolute atomic E-state index is 0.0624. The zero-order valence-electron chi connectivity index (χ0n) is 14.9. The van der Waals surface area contributed by atoms with E-state index in [1.54, 1.807) is 0 Å². The number of carbonyl (C=O) groups excluding carboxylic acids is 1. The van der Waals surface area contributed by atoms with E-state index in [-0.39, 0.29) is 11.7 Å². The van der Waals surface area contributed by atoms with Crippen LogP contribution in [-0.2, 0) is 4.79 Å². The van der Waals surface area contributed by atoms with Crippen molar-refractivity contribution in [3.63, 3.8) is 0 Å². The average Bonchev–Trinajstić information content (AvgIpc) is 3.08. The van der Waals surface area contributed by atoms with Gasteiger partial charge in [0.2, 0.25) is 11.0 Å². The van der Waals surface area contributed by atoms with Crippen molar-refractivity contribution in [1.82, 2.24) is 10.2 Å². The fourth-order valence-electron chi connectivity index (χ4n) is 2.44. The summed E-state index contributed by atoms with van der Waals surface area (Å²) in [5.74, 6) is 0.559. The number of nitrogens with one attached hydrogen (secondary N) is 2. The highest BCUT2D eigenvalue weighted by Gasteiger charge is 2.11. The van der Waals surface area contributed by atoms with Crippen LogP contribution in [0.3, 0.4) is 0 Å². The lowest BCUT2D eigenvalue weighted by Crippen LogP contribution is -2.15. The summed E-state index contributed by atoms with van der Waals surface area (Å²) in [5.41, 5.74) is 2.83. The Labute approximate surface area is 171 Å². The molecule has 1 heterocycles. The maximum absolute atomic E-state index is 12.3. The highest BCUT2D eigenvalue weighted by atomic mass is 35.5. The van der Waals surface area contributed by atoms with Crippen LogP contribution >= 0.6 is 34.7 Å². The molecule has 27 heavy (non-hydrogen) atoms. The molecule has 0 fully saturated rings. The normalized spacial score (nSPS) is 10.8. The molecule has 8 heteroatoms. The van der Waals surface area contributed by atoms with Gasteiger partial charge in [-0.25, -0.2) is 0 Å². The molecule has 0 bridgehead atoms. The minimum Gasteiger partial charge on any atom is -0.330 e. The SMILES string of the molecule is CC(C)c1ccccc1NC(=O)CSc1nnc(Nc2cccc(Cl)c2)s1. The van der Waals surface area contributed by atoms with Gasteiger partial charge in [-0.3, -0.25) is 4.79 Å². The van der Waals surface area contributed by atoms with Crippen LogP contribution in [0, 0.1) is 0 Å². The summed E-state index contributed by atoms with van der Waals surface area (Å²) in [6, 6.07) is 15.3. The zero-order valence-corrected chi connectivity index (χ0v) is 17.3. The predicted octanol–water partition coefficient (Wildman–Crippen LogP) is 5.79. The second-order valence-corrected chi connectivity index (χ2v) is 8.72. The van der Waals surface area contributed by atoms with Gasteiger partial charge in [0.15, 0.2) is 4.34 Å². The van der Waals surface area contributed by atoms with Gasteiger partial charge in [0, 0.05) is 16.4 Å². The number of anilines is 3. The monoisotopic (exact) mass is 418 g/mol. The molecule has 2 aromatic carbocycles. The highest BCUT2D eigenvalue weighted by Crippen LogP contribution is 2.29. The first-order valence-corrected chi connectivity index (χ1v) is 10.6. The fraction of sp³-hybridized carbons (Fsp3) is 0.211. The number of para-hydroxylation sites is 1.